The minimum absolute atomic E-state index is 0.337. The van der Waals surface area contributed by atoms with Gasteiger partial charge in [-0.25, -0.2) is 8.42 Å². The number of sulfonamides is 1. The van der Waals surface area contributed by atoms with Gasteiger partial charge in [-0.15, -0.1) is 0 Å². The number of nitrogen functional groups attached to an aromatic ring is 1. The molecule has 0 unspecified atom stereocenters. The van der Waals surface area contributed by atoms with Gasteiger partial charge in [0, 0.05) is 25.3 Å². The van der Waals surface area contributed by atoms with E-state index in [1.165, 1.54) is 0 Å². The number of nitrogens with two attached hydrogens (primary N) is 1. The van der Waals surface area contributed by atoms with E-state index in [1.807, 2.05) is 14.0 Å². The fourth-order valence-corrected chi connectivity index (χ4v) is 3.78. The lowest BCUT2D eigenvalue weighted by Crippen LogP contribution is -2.34. The third-order valence-electron chi connectivity index (χ3n) is 3.56. The first-order valence-corrected chi connectivity index (χ1v) is 7.90. The van der Waals surface area contributed by atoms with Gasteiger partial charge in [-0.2, -0.15) is 4.31 Å². The van der Waals surface area contributed by atoms with Gasteiger partial charge in [0.15, 0.2) is 0 Å². The van der Waals surface area contributed by atoms with Gasteiger partial charge in [-0.1, -0.05) is 0 Å². The van der Waals surface area contributed by atoms with Gasteiger partial charge in [0.2, 0.25) is 10.0 Å². The van der Waals surface area contributed by atoms with E-state index in [0.717, 1.165) is 25.1 Å². The van der Waals surface area contributed by atoms with Gasteiger partial charge in [-0.3, -0.25) is 0 Å². The summed E-state index contributed by atoms with van der Waals surface area (Å²) in [4.78, 5) is 2.49. The first-order chi connectivity index (χ1) is 8.91. The first-order valence-electron chi connectivity index (χ1n) is 6.46. The predicted molar refractivity (Wildman–Crippen MR) is 76.5 cm³/mol. The molecule has 1 aliphatic rings. The number of likely N-dealkylation sites (N-methyl/N-ethyl adjacent to an activating group) is 1. The highest BCUT2D eigenvalue weighted by Crippen LogP contribution is 2.21. The highest BCUT2D eigenvalue weighted by molar-refractivity contribution is 7.89. The van der Waals surface area contributed by atoms with E-state index in [-0.39, 0.29) is 0 Å². The van der Waals surface area contributed by atoms with Gasteiger partial charge in [0.05, 0.1) is 4.90 Å². The van der Waals surface area contributed by atoms with Crippen LogP contribution in [0.25, 0.3) is 0 Å². The van der Waals surface area contributed by atoms with E-state index >= 15 is 0 Å². The minimum Gasteiger partial charge on any atom is -0.399 e. The summed E-state index contributed by atoms with van der Waals surface area (Å²) in [5, 5.41) is 0. The number of rotatable bonds is 2. The molecule has 1 heterocycles. The second-order valence-electron chi connectivity index (χ2n) is 5.08. The minimum atomic E-state index is -3.40. The number of benzene rings is 1. The van der Waals surface area contributed by atoms with E-state index in [4.69, 9.17) is 5.73 Å². The largest absolute Gasteiger partial charge is 0.399 e. The molecule has 0 radical (unpaired) electrons. The average Bonchev–Trinajstić information content (AvgIpc) is 2.57. The quantitative estimate of drug-likeness (QED) is 0.819. The fourth-order valence-electron chi connectivity index (χ4n) is 2.22. The van der Waals surface area contributed by atoms with Crippen molar-refractivity contribution in [2.75, 3.05) is 39.0 Å². The zero-order valence-electron chi connectivity index (χ0n) is 11.5. The third-order valence-corrected chi connectivity index (χ3v) is 5.45. The van der Waals surface area contributed by atoms with Gasteiger partial charge >= 0.3 is 0 Å². The standard InChI is InChI=1S/C13H21N3O2S/c1-11-10-12(4-5-13(11)14)19(17,18)16-7-3-6-15(2)8-9-16/h4-5,10H,3,6-9,14H2,1-2H3. The predicted octanol–water partition coefficient (Wildman–Crippen LogP) is 0.903. The molecule has 0 bridgehead atoms. The molecular weight excluding hydrogens is 262 g/mol. The van der Waals surface area contributed by atoms with Crippen LogP contribution in [-0.2, 0) is 10.0 Å². The molecule has 0 spiro atoms. The molecular formula is C13H21N3O2S. The van der Waals surface area contributed by atoms with Gasteiger partial charge in [0.25, 0.3) is 0 Å². The van der Waals surface area contributed by atoms with Crippen LogP contribution in [0.3, 0.4) is 0 Å². The molecule has 2 N–H and O–H groups in total. The van der Waals surface area contributed by atoms with Crippen LogP contribution in [0.5, 0.6) is 0 Å². The number of hydrogen-bond donors (Lipinski definition) is 1. The molecule has 0 atom stereocenters. The Morgan fingerprint density at radius 3 is 2.58 bits per heavy atom. The average molecular weight is 283 g/mol. The lowest BCUT2D eigenvalue weighted by Gasteiger charge is -2.20. The van der Waals surface area contributed by atoms with Crippen LogP contribution in [0, 0.1) is 6.92 Å². The molecule has 19 heavy (non-hydrogen) atoms. The molecule has 0 saturated carbocycles. The molecule has 0 aromatic heterocycles. The molecule has 5 nitrogen and oxygen atoms in total. The second-order valence-corrected chi connectivity index (χ2v) is 7.02. The Labute approximate surface area is 115 Å². The highest BCUT2D eigenvalue weighted by Gasteiger charge is 2.26. The van der Waals surface area contributed by atoms with E-state index in [0.29, 0.717) is 23.7 Å². The number of anilines is 1. The molecule has 0 aliphatic carbocycles. The van der Waals surface area contributed by atoms with Crippen LogP contribution in [0.1, 0.15) is 12.0 Å². The first kappa shape index (κ1) is 14.3. The van der Waals surface area contributed by atoms with E-state index in [9.17, 15) is 8.42 Å². The van der Waals surface area contributed by atoms with Crippen LogP contribution in [0.2, 0.25) is 0 Å². The summed E-state index contributed by atoms with van der Waals surface area (Å²) in [6, 6.07) is 4.90. The summed E-state index contributed by atoms with van der Waals surface area (Å²) >= 11 is 0. The van der Waals surface area contributed by atoms with E-state index in [2.05, 4.69) is 4.90 Å². The Morgan fingerprint density at radius 1 is 1.16 bits per heavy atom. The Balaban J connectivity index is 2.28. The van der Waals surface area contributed by atoms with Crippen LogP contribution in [0.4, 0.5) is 5.69 Å². The zero-order valence-corrected chi connectivity index (χ0v) is 12.3. The maximum absolute atomic E-state index is 12.6. The summed E-state index contributed by atoms with van der Waals surface area (Å²) in [5.41, 5.74) is 7.16. The number of nitrogens with zero attached hydrogens (tertiary/aromatic N) is 2. The van der Waals surface area contributed by atoms with Gasteiger partial charge in [0.1, 0.15) is 0 Å². The lowest BCUT2D eigenvalue weighted by molar-refractivity contribution is 0.347. The molecule has 2 rings (SSSR count). The Kier molecular flexibility index (Phi) is 4.13. The van der Waals surface area contributed by atoms with Crippen molar-refractivity contribution in [1.29, 1.82) is 0 Å². The van der Waals surface area contributed by atoms with Crippen LogP contribution >= 0.6 is 0 Å². The van der Waals surface area contributed by atoms with Gasteiger partial charge < -0.3 is 10.6 Å². The molecule has 1 aliphatic heterocycles. The topological polar surface area (TPSA) is 66.6 Å². The van der Waals surface area contributed by atoms with Crippen LogP contribution in [0.15, 0.2) is 23.1 Å². The Hall–Kier alpha value is -1.11. The molecule has 0 amide bonds. The molecule has 1 fully saturated rings. The summed E-state index contributed by atoms with van der Waals surface area (Å²) in [6.07, 6.45) is 0.865. The summed E-state index contributed by atoms with van der Waals surface area (Å²) in [6.45, 7) is 4.66. The highest BCUT2D eigenvalue weighted by atomic mass is 32.2. The van der Waals surface area contributed by atoms with Crippen molar-refractivity contribution in [2.24, 2.45) is 0 Å². The smallest absolute Gasteiger partial charge is 0.243 e. The van der Waals surface area contributed by atoms with Crippen LogP contribution in [-0.4, -0.2) is 50.8 Å². The van der Waals surface area contributed by atoms with Crippen molar-refractivity contribution in [3.63, 3.8) is 0 Å². The lowest BCUT2D eigenvalue weighted by atomic mass is 10.2. The van der Waals surface area contributed by atoms with Gasteiger partial charge in [-0.05, 0) is 50.7 Å². The van der Waals surface area contributed by atoms with Crippen molar-refractivity contribution >= 4 is 15.7 Å². The van der Waals surface area contributed by atoms with Crippen molar-refractivity contribution in [1.82, 2.24) is 9.21 Å². The summed E-state index contributed by atoms with van der Waals surface area (Å²) < 4.78 is 26.7. The summed E-state index contributed by atoms with van der Waals surface area (Å²) in [5.74, 6) is 0. The third kappa shape index (κ3) is 3.08. The van der Waals surface area contributed by atoms with Crippen LogP contribution < -0.4 is 5.73 Å². The second kappa shape index (κ2) is 5.48. The van der Waals surface area contributed by atoms with Crippen molar-refractivity contribution in [2.45, 2.75) is 18.2 Å². The zero-order chi connectivity index (χ0) is 14.0. The molecule has 106 valence electrons. The Morgan fingerprint density at radius 2 is 1.89 bits per heavy atom. The number of aryl methyl sites for hydroxylation is 1. The fraction of sp³-hybridized carbons (Fsp3) is 0.538. The van der Waals surface area contributed by atoms with Crippen molar-refractivity contribution in [3.05, 3.63) is 23.8 Å². The Bertz CT molecular complexity index is 557. The van der Waals surface area contributed by atoms with Crippen molar-refractivity contribution in [3.8, 4) is 0 Å². The summed E-state index contributed by atoms with van der Waals surface area (Å²) in [7, 11) is -1.38. The van der Waals surface area contributed by atoms with Crippen molar-refractivity contribution < 1.29 is 8.42 Å². The maximum Gasteiger partial charge on any atom is 0.243 e. The van der Waals surface area contributed by atoms with E-state index in [1.54, 1.807) is 22.5 Å². The molecule has 1 aromatic carbocycles. The maximum atomic E-state index is 12.6. The van der Waals surface area contributed by atoms with E-state index < -0.39 is 10.0 Å². The SMILES string of the molecule is Cc1cc(S(=O)(=O)N2CCCN(C)CC2)ccc1N. The molecule has 6 heteroatoms. The number of hydrogen-bond acceptors (Lipinski definition) is 4. The monoisotopic (exact) mass is 283 g/mol. The normalized spacial score (nSPS) is 19.3. The molecule has 1 aromatic rings. The molecule has 1 saturated heterocycles.